The Morgan fingerprint density at radius 2 is 2.33 bits per heavy atom. The minimum atomic E-state index is 0.375. The summed E-state index contributed by atoms with van der Waals surface area (Å²) >= 11 is 5.33. The third-order valence-electron chi connectivity index (χ3n) is 2.38. The van der Waals surface area contributed by atoms with Crippen molar-refractivity contribution in [1.29, 1.82) is 0 Å². The molecule has 0 aliphatic heterocycles. The van der Waals surface area contributed by atoms with Crippen molar-refractivity contribution < 1.29 is 4.74 Å². The normalized spacial score (nSPS) is 15.2. The lowest BCUT2D eigenvalue weighted by atomic mass is 10.2. The summed E-state index contributed by atoms with van der Waals surface area (Å²) in [4.78, 5) is 1.35. The number of methoxy groups -OCH3 is 1. The van der Waals surface area contributed by atoms with Gasteiger partial charge in [-0.05, 0) is 40.7 Å². The van der Waals surface area contributed by atoms with Crippen LogP contribution in [0.3, 0.4) is 0 Å². The fourth-order valence-corrected chi connectivity index (χ4v) is 3.26. The lowest BCUT2D eigenvalue weighted by Crippen LogP contribution is -2.34. The molecule has 0 fully saturated rings. The number of ether oxygens (including phenoxy) is 1. The van der Waals surface area contributed by atoms with Crippen LogP contribution in [0.2, 0.25) is 0 Å². The highest BCUT2D eigenvalue weighted by Crippen LogP contribution is 2.29. The zero-order valence-corrected chi connectivity index (χ0v) is 11.8. The van der Waals surface area contributed by atoms with Crippen molar-refractivity contribution in [3.8, 4) is 0 Å². The molecule has 0 amide bonds. The van der Waals surface area contributed by atoms with Gasteiger partial charge in [0.25, 0.3) is 0 Å². The minimum absolute atomic E-state index is 0.375. The number of halogens is 1. The Kier molecular flexibility index (Phi) is 5.82. The maximum Gasteiger partial charge on any atom is 0.0615 e. The first-order valence-corrected chi connectivity index (χ1v) is 6.84. The zero-order valence-electron chi connectivity index (χ0n) is 9.42. The summed E-state index contributed by atoms with van der Waals surface area (Å²) in [5.41, 5.74) is 0. The molecule has 1 aromatic rings. The lowest BCUT2D eigenvalue weighted by molar-refractivity contribution is 0.159. The highest BCUT2D eigenvalue weighted by molar-refractivity contribution is 9.10. The molecule has 0 aliphatic carbocycles. The van der Waals surface area contributed by atoms with Gasteiger partial charge in [-0.25, -0.2) is 0 Å². The van der Waals surface area contributed by atoms with Crippen molar-refractivity contribution in [2.45, 2.75) is 32.4 Å². The standard InChI is InChI=1S/C11H18BrNOS/c1-4-9(7-14-3)13-8(2)11-10(12)5-6-15-11/h5-6,8-9,13H,4,7H2,1-3H3. The average molecular weight is 292 g/mol. The highest BCUT2D eigenvalue weighted by atomic mass is 79.9. The Morgan fingerprint density at radius 1 is 1.60 bits per heavy atom. The lowest BCUT2D eigenvalue weighted by Gasteiger charge is -2.21. The maximum atomic E-state index is 5.17. The molecule has 86 valence electrons. The fraction of sp³-hybridized carbons (Fsp3) is 0.636. The van der Waals surface area contributed by atoms with Crippen LogP contribution in [0.4, 0.5) is 0 Å². The van der Waals surface area contributed by atoms with Gasteiger partial charge >= 0.3 is 0 Å². The van der Waals surface area contributed by atoms with E-state index in [4.69, 9.17) is 4.74 Å². The highest BCUT2D eigenvalue weighted by Gasteiger charge is 2.14. The van der Waals surface area contributed by atoms with Gasteiger partial charge < -0.3 is 10.1 Å². The molecule has 1 N–H and O–H groups in total. The summed E-state index contributed by atoms with van der Waals surface area (Å²) in [5, 5.41) is 5.67. The van der Waals surface area contributed by atoms with Crippen LogP contribution in [0.25, 0.3) is 0 Å². The van der Waals surface area contributed by atoms with Gasteiger partial charge in [-0.1, -0.05) is 6.92 Å². The number of thiophene rings is 1. The van der Waals surface area contributed by atoms with Gasteiger partial charge in [0.15, 0.2) is 0 Å². The van der Waals surface area contributed by atoms with E-state index < -0.39 is 0 Å². The summed E-state index contributed by atoms with van der Waals surface area (Å²) in [6, 6.07) is 2.90. The molecule has 0 spiro atoms. The van der Waals surface area contributed by atoms with Crippen LogP contribution in [0.15, 0.2) is 15.9 Å². The molecule has 4 heteroatoms. The molecule has 0 saturated heterocycles. The second kappa shape index (κ2) is 6.63. The van der Waals surface area contributed by atoms with Crippen molar-refractivity contribution in [2.75, 3.05) is 13.7 Å². The van der Waals surface area contributed by atoms with Crippen molar-refractivity contribution in [1.82, 2.24) is 5.32 Å². The fourth-order valence-electron chi connectivity index (χ4n) is 1.53. The molecule has 2 unspecified atom stereocenters. The first kappa shape index (κ1) is 13.2. The van der Waals surface area contributed by atoms with E-state index >= 15 is 0 Å². The van der Waals surface area contributed by atoms with Gasteiger partial charge in [-0.2, -0.15) is 0 Å². The summed E-state index contributed by atoms with van der Waals surface area (Å²) in [6.07, 6.45) is 1.08. The molecular weight excluding hydrogens is 274 g/mol. The second-order valence-corrected chi connectivity index (χ2v) is 5.38. The average Bonchev–Trinajstić information content (AvgIpc) is 2.63. The third-order valence-corrected chi connectivity index (χ3v) is 4.44. The Hall–Kier alpha value is 0.100. The quantitative estimate of drug-likeness (QED) is 0.865. The van der Waals surface area contributed by atoms with Crippen LogP contribution >= 0.6 is 27.3 Å². The van der Waals surface area contributed by atoms with Crippen LogP contribution in [0, 0.1) is 0 Å². The van der Waals surface area contributed by atoms with Crippen LogP contribution in [0.1, 0.15) is 31.2 Å². The van der Waals surface area contributed by atoms with E-state index in [1.165, 1.54) is 9.35 Å². The van der Waals surface area contributed by atoms with E-state index in [0.29, 0.717) is 12.1 Å². The van der Waals surface area contributed by atoms with E-state index in [9.17, 15) is 0 Å². The maximum absolute atomic E-state index is 5.17. The van der Waals surface area contributed by atoms with Crippen LogP contribution in [-0.4, -0.2) is 19.8 Å². The molecule has 1 aromatic heterocycles. The second-order valence-electron chi connectivity index (χ2n) is 3.58. The van der Waals surface area contributed by atoms with Crippen molar-refractivity contribution >= 4 is 27.3 Å². The minimum Gasteiger partial charge on any atom is -0.383 e. The molecule has 2 nitrogen and oxygen atoms in total. The van der Waals surface area contributed by atoms with Gasteiger partial charge in [0, 0.05) is 28.5 Å². The van der Waals surface area contributed by atoms with E-state index in [-0.39, 0.29) is 0 Å². The molecule has 0 aliphatic rings. The van der Waals surface area contributed by atoms with E-state index in [2.05, 4.69) is 46.5 Å². The van der Waals surface area contributed by atoms with E-state index in [1.807, 2.05) is 0 Å². The van der Waals surface area contributed by atoms with Gasteiger partial charge in [-0.3, -0.25) is 0 Å². The van der Waals surface area contributed by atoms with Crippen LogP contribution in [0.5, 0.6) is 0 Å². The van der Waals surface area contributed by atoms with Gasteiger partial charge in [-0.15, -0.1) is 11.3 Å². The molecule has 15 heavy (non-hydrogen) atoms. The predicted octanol–water partition coefficient (Wildman–Crippen LogP) is 3.59. The predicted molar refractivity (Wildman–Crippen MR) is 69.5 cm³/mol. The van der Waals surface area contributed by atoms with Crippen molar-refractivity contribution in [2.24, 2.45) is 0 Å². The molecule has 0 saturated carbocycles. The molecule has 0 radical (unpaired) electrons. The van der Waals surface area contributed by atoms with E-state index in [0.717, 1.165) is 13.0 Å². The molecule has 0 bridgehead atoms. The number of hydrogen-bond donors (Lipinski definition) is 1. The molecule has 1 rings (SSSR count). The SMILES string of the molecule is CCC(COC)NC(C)c1sccc1Br. The van der Waals surface area contributed by atoms with Crippen LogP contribution in [-0.2, 0) is 4.74 Å². The topological polar surface area (TPSA) is 21.3 Å². The van der Waals surface area contributed by atoms with Crippen LogP contribution < -0.4 is 5.32 Å². The smallest absolute Gasteiger partial charge is 0.0615 e. The molecular formula is C11H18BrNOS. The zero-order chi connectivity index (χ0) is 11.3. The molecule has 2 atom stereocenters. The number of hydrogen-bond acceptors (Lipinski definition) is 3. The molecule has 1 heterocycles. The Labute approximate surface area is 104 Å². The Morgan fingerprint density at radius 3 is 2.80 bits per heavy atom. The number of rotatable bonds is 6. The Bertz CT molecular complexity index is 290. The van der Waals surface area contributed by atoms with Gasteiger partial charge in [0.2, 0.25) is 0 Å². The summed E-state index contributed by atoms with van der Waals surface area (Å²) in [5.74, 6) is 0. The first-order valence-electron chi connectivity index (χ1n) is 5.16. The van der Waals surface area contributed by atoms with Gasteiger partial charge in [0.1, 0.15) is 0 Å². The first-order chi connectivity index (χ1) is 7.19. The monoisotopic (exact) mass is 291 g/mol. The Balaban J connectivity index is 2.54. The van der Waals surface area contributed by atoms with Gasteiger partial charge in [0.05, 0.1) is 6.61 Å². The largest absolute Gasteiger partial charge is 0.383 e. The summed E-state index contributed by atoms with van der Waals surface area (Å²) in [6.45, 7) is 5.13. The van der Waals surface area contributed by atoms with E-state index in [1.54, 1.807) is 18.4 Å². The molecule has 0 aromatic carbocycles. The summed E-state index contributed by atoms with van der Waals surface area (Å²) < 4.78 is 6.37. The number of nitrogens with one attached hydrogen (secondary N) is 1. The van der Waals surface area contributed by atoms with Crippen molar-refractivity contribution in [3.05, 3.63) is 20.8 Å². The van der Waals surface area contributed by atoms with Crippen molar-refractivity contribution in [3.63, 3.8) is 0 Å². The third kappa shape index (κ3) is 3.87. The summed E-state index contributed by atoms with van der Waals surface area (Å²) in [7, 11) is 1.75.